The van der Waals surface area contributed by atoms with E-state index >= 15 is 0 Å². The van der Waals surface area contributed by atoms with Gasteiger partial charge in [0.1, 0.15) is 17.3 Å². The highest BCUT2D eigenvalue weighted by Crippen LogP contribution is 2.37. The maximum Gasteiger partial charge on any atom is 0.415 e. The summed E-state index contributed by atoms with van der Waals surface area (Å²) in [5.74, 6) is 0.628. The summed E-state index contributed by atoms with van der Waals surface area (Å²) in [7, 11) is 1.61. The molecule has 6 nitrogen and oxygen atoms in total. The van der Waals surface area contributed by atoms with E-state index in [9.17, 15) is 14.0 Å². The van der Waals surface area contributed by atoms with Crippen LogP contribution in [0, 0.1) is 5.82 Å². The minimum atomic E-state index is -0.912. The van der Waals surface area contributed by atoms with E-state index in [4.69, 9.17) is 9.47 Å². The van der Waals surface area contributed by atoms with Crippen molar-refractivity contribution < 1.29 is 23.5 Å². The molecule has 4 aromatic carbocycles. The third-order valence-electron chi connectivity index (χ3n) is 8.20. The van der Waals surface area contributed by atoms with Crippen LogP contribution >= 0.6 is 0 Å². The lowest BCUT2D eigenvalue weighted by Gasteiger charge is -2.40. The molecule has 1 N–H and O–H groups in total. The molecular weight excluding hydrogens is 543 g/mol. The number of methoxy groups -OCH3 is 1. The second-order valence-corrected chi connectivity index (χ2v) is 10.6. The lowest BCUT2D eigenvalue weighted by atomic mass is 9.72. The third kappa shape index (κ3) is 6.46. The lowest BCUT2D eigenvalue weighted by molar-refractivity contribution is -0.128. The Bertz CT molecular complexity index is 1650. The number of fused-ring (bicyclic) bond motifs is 1. The van der Waals surface area contributed by atoms with Crippen molar-refractivity contribution in [3.8, 4) is 11.5 Å². The number of hydrogen-bond donors (Lipinski definition) is 1. The Labute approximate surface area is 251 Å². The Morgan fingerprint density at radius 2 is 1.58 bits per heavy atom. The van der Waals surface area contributed by atoms with Gasteiger partial charge in [-0.05, 0) is 89.2 Å². The van der Waals surface area contributed by atoms with Crippen LogP contribution in [-0.4, -0.2) is 37.1 Å². The molecule has 5 rings (SSSR count). The Balaban J connectivity index is 1.28. The fourth-order valence-electron chi connectivity index (χ4n) is 5.61. The zero-order chi connectivity index (χ0) is 30.4. The number of allylic oxidation sites excluding steroid dienone is 3. The first-order valence-electron chi connectivity index (χ1n) is 14.3. The predicted octanol–water partition coefficient (Wildman–Crippen LogP) is 7.43. The van der Waals surface area contributed by atoms with Crippen LogP contribution in [0.3, 0.4) is 0 Å². The molecule has 0 atom stereocenters. The molecular formula is C36H35FN2O4. The maximum atomic E-state index is 13.8. The molecule has 1 aliphatic rings. The van der Waals surface area contributed by atoms with Gasteiger partial charge in [0.15, 0.2) is 0 Å². The normalized spacial score (nSPS) is 14.7. The van der Waals surface area contributed by atoms with E-state index in [0.29, 0.717) is 38.2 Å². The number of amides is 2. The highest BCUT2D eigenvalue weighted by molar-refractivity contribution is 5.89. The van der Waals surface area contributed by atoms with Gasteiger partial charge < -0.3 is 19.7 Å². The minimum Gasteiger partial charge on any atom is -0.497 e. The molecule has 4 aromatic rings. The van der Waals surface area contributed by atoms with E-state index in [-0.39, 0.29) is 11.7 Å². The molecule has 0 radical (unpaired) electrons. The van der Waals surface area contributed by atoms with E-state index in [1.165, 1.54) is 12.1 Å². The maximum absolute atomic E-state index is 13.8. The molecule has 43 heavy (non-hydrogen) atoms. The monoisotopic (exact) mass is 578 g/mol. The fraction of sp³-hybridized carbons (Fsp3) is 0.222. The first-order valence-corrected chi connectivity index (χ1v) is 14.3. The van der Waals surface area contributed by atoms with Crippen LogP contribution < -0.4 is 14.8 Å². The van der Waals surface area contributed by atoms with E-state index in [1.54, 1.807) is 36.3 Å². The zero-order valence-electron chi connectivity index (χ0n) is 24.4. The number of likely N-dealkylation sites (tertiary alicyclic amines) is 1. The fourth-order valence-corrected chi connectivity index (χ4v) is 5.61. The summed E-state index contributed by atoms with van der Waals surface area (Å²) < 4.78 is 24.8. The number of rotatable bonds is 8. The molecule has 0 unspecified atom stereocenters. The number of piperidine rings is 1. The van der Waals surface area contributed by atoms with Gasteiger partial charge in [-0.25, -0.2) is 9.18 Å². The van der Waals surface area contributed by atoms with Crippen molar-refractivity contribution in [3.63, 3.8) is 0 Å². The van der Waals surface area contributed by atoms with Crippen LogP contribution in [-0.2, 0) is 16.8 Å². The van der Waals surface area contributed by atoms with Gasteiger partial charge in [-0.3, -0.25) is 4.79 Å². The van der Waals surface area contributed by atoms with Gasteiger partial charge in [0.05, 0.1) is 12.5 Å². The van der Waals surface area contributed by atoms with Crippen LogP contribution in [0.25, 0.3) is 16.3 Å². The molecule has 0 saturated carbocycles. The number of nitrogens with one attached hydrogen (secondary N) is 1. The van der Waals surface area contributed by atoms with Crippen LogP contribution in [0.5, 0.6) is 11.5 Å². The highest BCUT2D eigenvalue weighted by atomic mass is 19.1. The second kappa shape index (κ2) is 12.9. The first kappa shape index (κ1) is 29.6. The Morgan fingerprint density at radius 3 is 2.21 bits per heavy atom. The van der Waals surface area contributed by atoms with E-state index < -0.39 is 11.5 Å². The second-order valence-electron chi connectivity index (χ2n) is 10.6. The number of carbonyl (C=O) groups is 2. The SMILES string of the molecule is C=C/C(=C\C)c1ccc(CNC(=O)C2(c3ccc(F)cc3)CCN(C(=O)Oc3ccc4ccc(OC)cc4c3)CC2)cc1. The van der Waals surface area contributed by atoms with Crippen LogP contribution in [0.1, 0.15) is 36.5 Å². The average molecular weight is 579 g/mol. The Morgan fingerprint density at radius 1 is 0.930 bits per heavy atom. The van der Waals surface area contributed by atoms with Gasteiger partial charge in [0, 0.05) is 19.6 Å². The van der Waals surface area contributed by atoms with Crippen LogP contribution in [0.15, 0.2) is 104 Å². The summed E-state index contributed by atoms with van der Waals surface area (Å²) in [4.78, 5) is 28.6. The largest absolute Gasteiger partial charge is 0.497 e. The number of nitrogens with zero attached hydrogens (tertiary/aromatic N) is 1. The third-order valence-corrected chi connectivity index (χ3v) is 8.20. The molecule has 0 bridgehead atoms. The number of halogens is 1. The number of ether oxygens (including phenoxy) is 2. The summed E-state index contributed by atoms with van der Waals surface area (Å²) in [6.07, 6.45) is 4.08. The standard InChI is InChI=1S/C36H35FN2O4/c1-4-26(5-2)27-8-6-25(7-9-27)24-38-34(40)36(30-12-14-31(37)15-13-30)18-20-39(21-19-36)35(41)43-33-17-11-28-10-16-32(42-3)22-29(28)23-33/h4-17,22-23H,1,18-21,24H2,2-3H3,(H,38,40)/b26-5+. The number of hydrogen-bond acceptors (Lipinski definition) is 4. The van der Waals surface area contributed by atoms with Crippen molar-refractivity contribution >= 4 is 28.3 Å². The van der Waals surface area contributed by atoms with Gasteiger partial charge in [0.25, 0.3) is 0 Å². The first-order chi connectivity index (χ1) is 20.8. The van der Waals surface area contributed by atoms with E-state index in [0.717, 1.165) is 38.8 Å². The molecule has 1 fully saturated rings. The van der Waals surface area contributed by atoms with Gasteiger partial charge in [0.2, 0.25) is 5.91 Å². The molecule has 0 spiro atoms. The van der Waals surface area contributed by atoms with Crippen molar-refractivity contribution in [2.45, 2.75) is 31.7 Å². The smallest absolute Gasteiger partial charge is 0.415 e. The molecule has 7 heteroatoms. The molecule has 2 amide bonds. The summed E-state index contributed by atoms with van der Waals surface area (Å²) in [6, 6.07) is 25.2. The molecule has 1 saturated heterocycles. The summed E-state index contributed by atoms with van der Waals surface area (Å²) >= 11 is 0. The quantitative estimate of drug-likeness (QED) is 0.221. The number of carbonyl (C=O) groups excluding carboxylic acids is 2. The Kier molecular flexibility index (Phi) is 8.90. The Hall–Kier alpha value is -4.91. The van der Waals surface area contributed by atoms with Gasteiger partial charge in [-0.15, -0.1) is 0 Å². The van der Waals surface area contributed by atoms with Crippen molar-refractivity contribution in [2.24, 2.45) is 0 Å². The molecule has 1 aliphatic heterocycles. The summed E-state index contributed by atoms with van der Waals surface area (Å²) in [6.45, 7) is 6.79. The molecule has 0 aliphatic carbocycles. The van der Waals surface area contributed by atoms with Crippen molar-refractivity contribution in [3.05, 3.63) is 126 Å². The van der Waals surface area contributed by atoms with Crippen molar-refractivity contribution in [1.82, 2.24) is 10.2 Å². The topological polar surface area (TPSA) is 67.9 Å². The number of benzene rings is 4. The minimum absolute atomic E-state index is 0.153. The predicted molar refractivity (Wildman–Crippen MR) is 168 cm³/mol. The van der Waals surface area contributed by atoms with Crippen molar-refractivity contribution in [1.29, 1.82) is 0 Å². The lowest BCUT2D eigenvalue weighted by Crippen LogP contribution is -2.53. The highest BCUT2D eigenvalue weighted by Gasteiger charge is 2.44. The van der Waals surface area contributed by atoms with Crippen LogP contribution in [0.4, 0.5) is 9.18 Å². The summed E-state index contributed by atoms with van der Waals surface area (Å²) in [5, 5.41) is 5.00. The van der Waals surface area contributed by atoms with E-state index in [2.05, 4.69) is 11.9 Å². The molecule has 0 aromatic heterocycles. The average Bonchev–Trinajstić information content (AvgIpc) is 3.04. The summed E-state index contributed by atoms with van der Waals surface area (Å²) in [5.41, 5.74) is 2.86. The molecule has 220 valence electrons. The van der Waals surface area contributed by atoms with Gasteiger partial charge in [-0.1, -0.05) is 67.3 Å². The van der Waals surface area contributed by atoms with Crippen molar-refractivity contribution in [2.75, 3.05) is 20.2 Å². The van der Waals surface area contributed by atoms with Crippen LogP contribution in [0.2, 0.25) is 0 Å². The van der Waals surface area contributed by atoms with Gasteiger partial charge >= 0.3 is 6.09 Å². The van der Waals surface area contributed by atoms with Gasteiger partial charge in [-0.2, -0.15) is 0 Å². The zero-order valence-corrected chi connectivity index (χ0v) is 24.4. The molecule has 1 heterocycles. The van der Waals surface area contributed by atoms with E-state index in [1.807, 2.05) is 67.6 Å².